The fraction of sp³-hybridized carbons (Fsp3) is 0.652. The number of hydrogen-bond acceptors (Lipinski definition) is 3. The Morgan fingerprint density at radius 1 is 1.10 bits per heavy atom. The predicted octanol–water partition coefficient (Wildman–Crippen LogP) is 2.64. The molecule has 1 aromatic rings. The van der Waals surface area contributed by atoms with E-state index in [1.165, 1.54) is 12.0 Å². The van der Waals surface area contributed by atoms with Gasteiger partial charge in [0.2, 0.25) is 5.91 Å². The molecule has 6 heteroatoms. The molecule has 1 aliphatic carbocycles. The number of guanidine groups is 1. The van der Waals surface area contributed by atoms with Gasteiger partial charge in [-0.1, -0.05) is 43.7 Å². The normalized spacial score (nSPS) is 19.5. The highest BCUT2D eigenvalue weighted by Gasteiger charge is 2.26. The van der Waals surface area contributed by atoms with E-state index in [4.69, 9.17) is 0 Å². The summed E-state index contributed by atoms with van der Waals surface area (Å²) in [5.41, 5.74) is 1.41. The van der Waals surface area contributed by atoms with Crippen LogP contribution in [-0.2, 0) is 4.79 Å². The third-order valence-corrected chi connectivity index (χ3v) is 6.25. The molecule has 1 atom stereocenters. The molecule has 160 valence electrons. The summed E-state index contributed by atoms with van der Waals surface area (Å²) in [5.74, 6) is 1.48. The topological polar surface area (TPSA) is 60.0 Å². The zero-order valence-electron chi connectivity index (χ0n) is 18.1. The Balaban J connectivity index is 1.37. The van der Waals surface area contributed by atoms with Gasteiger partial charge in [-0.3, -0.25) is 14.7 Å². The molecule has 1 unspecified atom stereocenters. The van der Waals surface area contributed by atoms with Crippen molar-refractivity contribution < 1.29 is 4.79 Å². The number of hydrogen-bond donors (Lipinski definition) is 2. The molecule has 1 saturated heterocycles. The Bertz CT molecular complexity index is 650. The molecule has 0 aromatic heterocycles. The maximum Gasteiger partial charge on any atom is 0.223 e. The van der Waals surface area contributed by atoms with Crippen LogP contribution in [0.1, 0.15) is 50.6 Å². The molecule has 1 heterocycles. The SMILES string of the molecule is CCC(c1ccccc1)N1CCN(C(=NC)NCCCNC(=O)C2CCC2)CC1. The Morgan fingerprint density at radius 2 is 1.79 bits per heavy atom. The average molecular weight is 400 g/mol. The van der Waals surface area contributed by atoms with Gasteiger partial charge in [0.05, 0.1) is 0 Å². The molecule has 6 nitrogen and oxygen atoms in total. The first kappa shape index (κ1) is 21.6. The molecule has 1 saturated carbocycles. The summed E-state index contributed by atoms with van der Waals surface area (Å²) in [7, 11) is 1.85. The smallest absolute Gasteiger partial charge is 0.223 e. The van der Waals surface area contributed by atoms with Gasteiger partial charge in [-0.2, -0.15) is 0 Å². The van der Waals surface area contributed by atoms with E-state index in [2.05, 4.69) is 62.7 Å². The molecule has 0 radical (unpaired) electrons. The van der Waals surface area contributed by atoms with Crippen molar-refractivity contribution in [3.05, 3.63) is 35.9 Å². The van der Waals surface area contributed by atoms with Crippen molar-refractivity contribution >= 4 is 11.9 Å². The van der Waals surface area contributed by atoms with Gasteiger partial charge in [0.15, 0.2) is 5.96 Å². The van der Waals surface area contributed by atoms with Gasteiger partial charge in [-0.25, -0.2) is 0 Å². The van der Waals surface area contributed by atoms with E-state index >= 15 is 0 Å². The Morgan fingerprint density at radius 3 is 2.38 bits per heavy atom. The van der Waals surface area contributed by atoms with Crippen molar-refractivity contribution in [1.29, 1.82) is 0 Å². The quantitative estimate of drug-likeness (QED) is 0.401. The molecule has 2 fully saturated rings. The molecule has 1 aliphatic heterocycles. The van der Waals surface area contributed by atoms with Crippen LogP contribution in [0.25, 0.3) is 0 Å². The lowest BCUT2D eigenvalue weighted by Crippen LogP contribution is -2.53. The summed E-state index contributed by atoms with van der Waals surface area (Å²) in [5, 5.41) is 6.52. The second-order valence-electron chi connectivity index (χ2n) is 8.10. The Kier molecular flexibility index (Phi) is 8.35. The lowest BCUT2D eigenvalue weighted by atomic mass is 9.85. The van der Waals surface area contributed by atoms with Crippen LogP contribution in [-0.4, -0.2) is 68.0 Å². The first-order valence-corrected chi connectivity index (χ1v) is 11.2. The molecule has 0 spiro atoms. The minimum absolute atomic E-state index is 0.237. The van der Waals surface area contributed by atoms with E-state index in [0.717, 1.165) is 70.9 Å². The van der Waals surface area contributed by atoms with Crippen LogP contribution in [0.3, 0.4) is 0 Å². The number of piperazine rings is 1. The second-order valence-corrected chi connectivity index (χ2v) is 8.10. The molecule has 3 rings (SSSR count). The van der Waals surface area contributed by atoms with Gasteiger partial charge in [-0.15, -0.1) is 0 Å². The van der Waals surface area contributed by atoms with Gasteiger partial charge < -0.3 is 15.5 Å². The third kappa shape index (κ3) is 5.95. The fourth-order valence-corrected chi connectivity index (χ4v) is 4.27. The van der Waals surface area contributed by atoms with Crippen molar-refractivity contribution in [2.75, 3.05) is 46.3 Å². The molecule has 0 bridgehead atoms. The highest BCUT2D eigenvalue weighted by atomic mass is 16.1. The van der Waals surface area contributed by atoms with Crippen molar-refractivity contribution in [1.82, 2.24) is 20.4 Å². The van der Waals surface area contributed by atoms with Crippen LogP contribution in [0, 0.1) is 5.92 Å². The number of nitrogens with one attached hydrogen (secondary N) is 2. The number of aliphatic imine (C=N–C) groups is 1. The van der Waals surface area contributed by atoms with Gasteiger partial charge in [0, 0.05) is 58.3 Å². The van der Waals surface area contributed by atoms with Crippen LogP contribution in [0.15, 0.2) is 35.3 Å². The minimum atomic E-state index is 0.237. The standard InChI is InChI=1S/C23H37N5O/c1-3-21(19-9-5-4-6-10-19)27-15-17-28(18-16-27)23(24-2)26-14-8-13-25-22(29)20-11-7-12-20/h4-6,9-10,20-21H,3,7-8,11-18H2,1-2H3,(H,24,26)(H,25,29). The van der Waals surface area contributed by atoms with Crippen molar-refractivity contribution in [3.63, 3.8) is 0 Å². The summed E-state index contributed by atoms with van der Waals surface area (Å²) in [6.07, 6.45) is 5.37. The third-order valence-electron chi connectivity index (χ3n) is 6.25. The molecule has 2 aliphatic rings. The molecule has 29 heavy (non-hydrogen) atoms. The summed E-state index contributed by atoms with van der Waals surface area (Å²) < 4.78 is 0. The number of carbonyl (C=O) groups is 1. The maximum absolute atomic E-state index is 11.9. The largest absolute Gasteiger partial charge is 0.356 e. The van der Waals surface area contributed by atoms with Crippen LogP contribution < -0.4 is 10.6 Å². The zero-order valence-corrected chi connectivity index (χ0v) is 18.1. The molecule has 2 N–H and O–H groups in total. The van der Waals surface area contributed by atoms with E-state index in [0.29, 0.717) is 6.04 Å². The van der Waals surface area contributed by atoms with E-state index in [-0.39, 0.29) is 11.8 Å². The first-order chi connectivity index (χ1) is 14.2. The minimum Gasteiger partial charge on any atom is -0.356 e. The molecular formula is C23H37N5O. The number of nitrogens with zero attached hydrogens (tertiary/aromatic N) is 3. The van der Waals surface area contributed by atoms with Gasteiger partial charge in [-0.05, 0) is 31.2 Å². The summed E-state index contributed by atoms with van der Waals surface area (Å²) in [6, 6.07) is 11.3. The lowest BCUT2D eigenvalue weighted by molar-refractivity contribution is -0.127. The maximum atomic E-state index is 11.9. The average Bonchev–Trinajstić information content (AvgIpc) is 2.71. The van der Waals surface area contributed by atoms with Crippen LogP contribution in [0.2, 0.25) is 0 Å². The number of carbonyl (C=O) groups excluding carboxylic acids is 1. The van der Waals surface area contributed by atoms with E-state index in [1.54, 1.807) is 0 Å². The van der Waals surface area contributed by atoms with E-state index in [9.17, 15) is 4.79 Å². The van der Waals surface area contributed by atoms with Crippen LogP contribution in [0.5, 0.6) is 0 Å². The predicted molar refractivity (Wildman–Crippen MR) is 119 cm³/mol. The van der Waals surface area contributed by atoms with E-state index in [1.807, 2.05) is 7.05 Å². The molecular weight excluding hydrogens is 362 g/mol. The van der Waals surface area contributed by atoms with Gasteiger partial charge in [0.25, 0.3) is 0 Å². The Hall–Kier alpha value is -2.08. The monoisotopic (exact) mass is 399 g/mol. The molecule has 1 aromatic carbocycles. The van der Waals surface area contributed by atoms with Crippen LogP contribution >= 0.6 is 0 Å². The lowest BCUT2D eigenvalue weighted by Gasteiger charge is -2.40. The summed E-state index contributed by atoms with van der Waals surface area (Å²) in [4.78, 5) is 21.3. The highest BCUT2D eigenvalue weighted by molar-refractivity contribution is 5.80. The van der Waals surface area contributed by atoms with Crippen molar-refractivity contribution in [2.24, 2.45) is 10.9 Å². The molecule has 1 amide bonds. The number of rotatable bonds is 8. The van der Waals surface area contributed by atoms with E-state index < -0.39 is 0 Å². The summed E-state index contributed by atoms with van der Waals surface area (Å²) >= 11 is 0. The van der Waals surface area contributed by atoms with Crippen LogP contribution in [0.4, 0.5) is 0 Å². The van der Waals surface area contributed by atoms with Crippen molar-refractivity contribution in [2.45, 2.75) is 45.1 Å². The number of benzene rings is 1. The van der Waals surface area contributed by atoms with Crippen molar-refractivity contribution in [3.8, 4) is 0 Å². The number of amides is 1. The highest BCUT2D eigenvalue weighted by Crippen LogP contribution is 2.26. The second kappa shape index (κ2) is 11.2. The van der Waals surface area contributed by atoms with Gasteiger partial charge in [0.1, 0.15) is 0 Å². The Labute approximate surface area is 175 Å². The van der Waals surface area contributed by atoms with Gasteiger partial charge >= 0.3 is 0 Å². The first-order valence-electron chi connectivity index (χ1n) is 11.2. The zero-order chi connectivity index (χ0) is 20.5. The fourth-order valence-electron chi connectivity index (χ4n) is 4.27. The summed E-state index contributed by atoms with van der Waals surface area (Å²) in [6.45, 7) is 7.91.